The number of likely N-dealkylation sites (tertiary alicyclic amines) is 1. The van der Waals surface area contributed by atoms with Gasteiger partial charge < -0.3 is 10.2 Å². The van der Waals surface area contributed by atoms with E-state index < -0.39 is 0 Å². The van der Waals surface area contributed by atoms with Gasteiger partial charge in [-0.3, -0.25) is 9.89 Å². The normalized spacial score (nSPS) is 20.4. The van der Waals surface area contributed by atoms with Gasteiger partial charge in [-0.2, -0.15) is 5.10 Å². The average Bonchev–Trinajstić information content (AvgIpc) is 3.22. The van der Waals surface area contributed by atoms with E-state index in [1.54, 1.807) is 0 Å². The molecule has 2 aromatic heterocycles. The Balaban J connectivity index is 1.51. The van der Waals surface area contributed by atoms with Crippen molar-refractivity contribution in [3.8, 4) is 11.1 Å². The molecule has 6 nitrogen and oxygen atoms in total. The lowest BCUT2D eigenvalue weighted by atomic mass is 9.84. The number of carbonyl (C=O) groups excluding carboxylic acids is 1. The molecule has 0 spiro atoms. The Bertz CT molecular complexity index is 780. The summed E-state index contributed by atoms with van der Waals surface area (Å²) in [6.45, 7) is 5.86. The number of aromatic amines is 1. The van der Waals surface area contributed by atoms with Gasteiger partial charge in [-0.25, -0.2) is 4.98 Å². The number of nitrogens with one attached hydrogen (secondary N) is 2. The second kappa shape index (κ2) is 7.09. The molecule has 1 aliphatic heterocycles. The van der Waals surface area contributed by atoms with E-state index in [0.717, 1.165) is 55.0 Å². The van der Waals surface area contributed by atoms with Crippen LogP contribution in [0.1, 0.15) is 51.1 Å². The van der Waals surface area contributed by atoms with E-state index in [4.69, 9.17) is 0 Å². The van der Waals surface area contributed by atoms with Crippen molar-refractivity contribution < 1.29 is 4.79 Å². The summed E-state index contributed by atoms with van der Waals surface area (Å²) in [5, 5.41) is 10.8. The van der Waals surface area contributed by atoms with Crippen molar-refractivity contribution in [3.63, 3.8) is 0 Å². The van der Waals surface area contributed by atoms with Crippen molar-refractivity contribution in [1.29, 1.82) is 0 Å². The molecule has 6 heteroatoms. The first-order chi connectivity index (χ1) is 12.6. The summed E-state index contributed by atoms with van der Waals surface area (Å²) < 4.78 is 0. The van der Waals surface area contributed by atoms with Crippen molar-refractivity contribution >= 4 is 11.7 Å². The largest absolute Gasteiger partial charge is 0.368 e. The number of carbonyl (C=O) groups is 1. The minimum Gasteiger partial charge on any atom is -0.368 e. The average molecular weight is 353 g/mol. The van der Waals surface area contributed by atoms with Gasteiger partial charge in [-0.05, 0) is 50.8 Å². The van der Waals surface area contributed by atoms with E-state index in [0.29, 0.717) is 17.9 Å². The molecule has 2 fully saturated rings. The van der Waals surface area contributed by atoms with Crippen LogP contribution in [0.2, 0.25) is 0 Å². The first kappa shape index (κ1) is 17.1. The van der Waals surface area contributed by atoms with Crippen LogP contribution in [0.25, 0.3) is 11.1 Å². The van der Waals surface area contributed by atoms with Gasteiger partial charge in [0, 0.05) is 48.4 Å². The fourth-order valence-corrected chi connectivity index (χ4v) is 3.92. The number of aromatic nitrogens is 3. The molecular formula is C20H27N5O. The molecular weight excluding hydrogens is 326 g/mol. The Morgan fingerprint density at radius 2 is 2.19 bits per heavy atom. The number of pyridine rings is 1. The van der Waals surface area contributed by atoms with E-state index in [9.17, 15) is 4.79 Å². The van der Waals surface area contributed by atoms with Gasteiger partial charge in [0.25, 0.3) is 0 Å². The lowest BCUT2D eigenvalue weighted by molar-refractivity contribution is -0.137. The summed E-state index contributed by atoms with van der Waals surface area (Å²) in [4.78, 5) is 19.0. The molecule has 1 aliphatic carbocycles. The van der Waals surface area contributed by atoms with Gasteiger partial charge in [0.1, 0.15) is 5.82 Å². The topological polar surface area (TPSA) is 73.9 Å². The highest BCUT2D eigenvalue weighted by Gasteiger charge is 2.35. The molecule has 1 atom stereocenters. The maximum absolute atomic E-state index is 12.5. The lowest BCUT2D eigenvalue weighted by Gasteiger charge is -2.29. The molecule has 2 aromatic rings. The van der Waals surface area contributed by atoms with Crippen LogP contribution in [0.5, 0.6) is 0 Å². The lowest BCUT2D eigenvalue weighted by Crippen LogP contribution is -2.37. The van der Waals surface area contributed by atoms with Gasteiger partial charge in [0.2, 0.25) is 5.91 Å². The second-order valence-corrected chi connectivity index (χ2v) is 7.82. The second-order valence-electron chi connectivity index (χ2n) is 7.82. The predicted molar refractivity (Wildman–Crippen MR) is 102 cm³/mol. The standard InChI is InChI=1S/C20H27N5O/c1-13(2)23-18-10-15(6-8-21-18)17-11-22-24-19(17)16-7-9-25(12-16)20(26)14-4-3-5-14/h6,8,10-11,13-14,16H,3-5,7,9,12H2,1-2H3,(H,21,23)(H,22,24). The Morgan fingerprint density at radius 1 is 1.35 bits per heavy atom. The molecule has 4 rings (SSSR count). The number of amides is 1. The van der Waals surface area contributed by atoms with Crippen molar-refractivity contribution in [1.82, 2.24) is 20.1 Å². The van der Waals surface area contributed by atoms with E-state index in [-0.39, 0.29) is 5.92 Å². The summed E-state index contributed by atoms with van der Waals surface area (Å²) in [7, 11) is 0. The van der Waals surface area contributed by atoms with Gasteiger partial charge in [0.15, 0.2) is 0 Å². The van der Waals surface area contributed by atoms with Crippen molar-refractivity contribution in [3.05, 3.63) is 30.2 Å². The smallest absolute Gasteiger partial charge is 0.225 e. The molecule has 1 unspecified atom stereocenters. The van der Waals surface area contributed by atoms with Crippen molar-refractivity contribution in [2.24, 2.45) is 5.92 Å². The fourth-order valence-electron chi connectivity index (χ4n) is 3.92. The Hall–Kier alpha value is -2.37. The third kappa shape index (κ3) is 3.32. The van der Waals surface area contributed by atoms with Crippen LogP contribution in [0.15, 0.2) is 24.5 Å². The zero-order chi connectivity index (χ0) is 18.1. The third-order valence-corrected chi connectivity index (χ3v) is 5.54. The SMILES string of the molecule is CC(C)Nc1cc(-c2cn[nH]c2C2CCN(C(=O)C3CCC3)C2)ccn1. The summed E-state index contributed by atoms with van der Waals surface area (Å²) in [5.41, 5.74) is 3.36. The molecule has 2 aliphatic rings. The Labute approximate surface area is 154 Å². The fraction of sp³-hybridized carbons (Fsp3) is 0.550. The van der Waals surface area contributed by atoms with Gasteiger partial charge in [-0.1, -0.05) is 6.42 Å². The Morgan fingerprint density at radius 3 is 2.92 bits per heavy atom. The summed E-state index contributed by atoms with van der Waals surface area (Å²) in [6, 6.07) is 4.43. The maximum Gasteiger partial charge on any atom is 0.225 e. The highest BCUT2D eigenvalue weighted by atomic mass is 16.2. The molecule has 0 bridgehead atoms. The van der Waals surface area contributed by atoms with Gasteiger partial charge in [0.05, 0.1) is 6.20 Å². The molecule has 2 N–H and O–H groups in total. The number of rotatable bonds is 5. The van der Waals surface area contributed by atoms with E-state index in [1.807, 2.05) is 18.5 Å². The number of H-pyrrole nitrogens is 1. The zero-order valence-electron chi connectivity index (χ0n) is 15.5. The summed E-state index contributed by atoms with van der Waals surface area (Å²) >= 11 is 0. The minimum absolute atomic E-state index is 0.278. The summed E-state index contributed by atoms with van der Waals surface area (Å²) in [6.07, 6.45) is 8.05. The van der Waals surface area contributed by atoms with Crippen LogP contribution in [0.3, 0.4) is 0 Å². The van der Waals surface area contributed by atoms with Crippen LogP contribution in [-0.4, -0.2) is 45.1 Å². The molecule has 26 heavy (non-hydrogen) atoms. The van der Waals surface area contributed by atoms with E-state index >= 15 is 0 Å². The molecule has 3 heterocycles. The first-order valence-electron chi connectivity index (χ1n) is 9.67. The highest BCUT2D eigenvalue weighted by molar-refractivity contribution is 5.80. The molecule has 0 aromatic carbocycles. The molecule has 1 saturated carbocycles. The molecule has 1 amide bonds. The number of hydrogen-bond donors (Lipinski definition) is 2. The van der Waals surface area contributed by atoms with Gasteiger partial charge in [-0.15, -0.1) is 0 Å². The van der Waals surface area contributed by atoms with E-state index in [2.05, 4.69) is 45.3 Å². The zero-order valence-corrected chi connectivity index (χ0v) is 15.5. The highest BCUT2D eigenvalue weighted by Crippen LogP contribution is 2.36. The third-order valence-electron chi connectivity index (χ3n) is 5.54. The van der Waals surface area contributed by atoms with Crippen LogP contribution in [0, 0.1) is 5.92 Å². The maximum atomic E-state index is 12.5. The number of hydrogen-bond acceptors (Lipinski definition) is 4. The van der Waals surface area contributed by atoms with Crippen LogP contribution < -0.4 is 5.32 Å². The van der Waals surface area contributed by atoms with Crippen molar-refractivity contribution in [2.45, 2.75) is 51.5 Å². The Kier molecular flexibility index (Phi) is 4.66. The monoisotopic (exact) mass is 353 g/mol. The van der Waals surface area contributed by atoms with Crippen LogP contribution in [0.4, 0.5) is 5.82 Å². The minimum atomic E-state index is 0.278. The van der Waals surface area contributed by atoms with Gasteiger partial charge >= 0.3 is 0 Å². The van der Waals surface area contributed by atoms with Crippen molar-refractivity contribution in [2.75, 3.05) is 18.4 Å². The predicted octanol–water partition coefficient (Wildman–Crippen LogP) is 3.41. The summed E-state index contributed by atoms with van der Waals surface area (Å²) in [5.74, 6) is 1.83. The van der Waals surface area contributed by atoms with Crippen LogP contribution in [-0.2, 0) is 4.79 Å². The van der Waals surface area contributed by atoms with Crippen LogP contribution >= 0.6 is 0 Å². The molecule has 1 saturated heterocycles. The van der Waals surface area contributed by atoms with E-state index in [1.165, 1.54) is 6.42 Å². The first-order valence-corrected chi connectivity index (χ1v) is 9.67. The quantitative estimate of drug-likeness (QED) is 0.864. The molecule has 138 valence electrons. The number of anilines is 1. The molecule has 0 radical (unpaired) electrons. The number of nitrogens with zero attached hydrogens (tertiary/aromatic N) is 3.